The zero-order chi connectivity index (χ0) is 18.1. The van der Waals surface area contributed by atoms with Crippen molar-refractivity contribution in [1.29, 1.82) is 0 Å². The number of ether oxygens (including phenoxy) is 1. The van der Waals surface area contributed by atoms with E-state index in [0.717, 1.165) is 34.1 Å². The fraction of sp³-hybridized carbons (Fsp3) is 0.100. The summed E-state index contributed by atoms with van der Waals surface area (Å²) in [5.41, 5.74) is 9.53. The molecule has 26 heavy (non-hydrogen) atoms. The lowest BCUT2D eigenvalue weighted by molar-refractivity contribution is 0.415. The zero-order valence-corrected chi connectivity index (χ0v) is 14.6. The van der Waals surface area contributed by atoms with Crippen LogP contribution in [0, 0.1) is 6.92 Å². The Morgan fingerprint density at radius 1 is 0.962 bits per heavy atom. The van der Waals surface area contributed by atoms with Crippen molar-refractivity contribution in [2.75, 3.05) is 18.2 Å². The molecule has 0 unspecified atom stereocenters. The molecule has 0 saturated carbocycles. The molecule has 0 aliphatic rings. The minimum atomic E-state index is 0.576. The number of nitrogen functional groups attached to an aromatic ring is 1. The second kappa shape index (κ2) is 6.40. The molecule has 6 heteroatoms. The number of benzene rings is 2. The number of anilines is 3. The highest BCUT2D eigenvalue weighted by atomic mass is 16.5. The maximum Gasteiger partial charge on any atom is 0.156 e. The Morgan fingerprint density at radius 2 is 1.73 bits per heavy atom. The first-order valence-corrected chi connectivity index (χ1v) is 8.28. The summed E-state index contributed by atoms with van der Waals surface area (Å²) in [5.74, 6) is 3.04. The lowest BCUT2D eigenvalue weighted by Gasteiger charge is -2.12. The van der Waals surface area contributed by atoms with Crippen LogP contribution in [0.3, 0.4) is 0 Å². The van der Waals surface area contributed by atoms with Gasteiger partial charge < -0.3 is 15.8 Å². The van der Waals surface area contributed by atoms with Crippen LogP contribution in [0.1, 0.15) is 5.82 Å². The lowest BCUT2D eigenvalue weighted by Crippen LogP contribution is -2.05. The van der Waals surface area contributed by atoms with E-state index in [1.165, 1.54) is 0 Å². The summed E-state index contributed by atoms with van der Waals surface area (Å²) in [6, 6.07) is 19.4. The number of nitrogens with one attached hydrogen (secondary N) is 1. The van der Waals surface area contributed by atoms with Gasteiger partial charge in [-0.25, -0.2) is 9.97 Å². The molecule has 2 heterocycles. The Balaban J connectivity index is 1.74. The first kappa shape index (κ1) is 16.0. The quantitative estimate of drug-likeness (QED) is 0.583. The normalized spacial score (nSPS) is 10.8. The summed E-state index contributed by atoms with van der Waals surface area (Å²) in [6.07, 6.45) is 0. The van der Waals surface area contributed by atoms with E-state index in [0.29, 0.717) is 11.5 Å². The Morgan fingerprint density at radius 3 is 2.50 bits per heavy atom. The van der Waals surface area contributed by atoms with E-state index in [2.05, 4.69) is 10.3 Å². The Kier molecular flexibility index (Phi) is 3.93. The Bertz CT molecular complexity index is 1070. The summed E-state index contributed by atoms with van der Waals surface area (Å²) >= 11 is 0. The maximum atomic E-state index is 6.12. The summed E-state index contributed by atoms with van der Waals surface area (Å²) < 4.78 is 7.21. The third-order valence-corrected chi connectivity index (χ3v) is 4.22. The molecular weight excluding hydrogens is 326 g/mol. The van der Waals surface area contributed by atoms with Gasteiger partial charge in [0.25, 0.3) is 0 Å². The van der Waals surface area contributed by atoms with E-state index in [4.69, 9.17) is 15.5 Å². The van der Waals surface area contributed by atoms with Crippen LogP contribution in [-0.2, 0) is 0 Å². The highest BCUT2D eigenvalue weighted by molar-refractivity contribution is 5.78. The molecule has 0 amide bonds. The number of para-hydroxylation sites is 2. The third kappa shape index (κ3) is 2.82. The minimum Gasteiger partial charge on any atom is -0.497 e. The predicted molar refractivity (Wildman–Crippen MR) is 104 cm³/mol. The van der Waals surface area contributed by atoms with Crippen LogP contribution in [0.4, 0.5) is 17.2 Å². The zero-order valence-electron chi connectivity index (χ0n) is 14.6. The number of hydrogen-bond acceptors (Lipinski definition) is 5. The molecule has 0 bridgehead atoms. The van der Waals surface area contributed by atoms with Gasteiger partial charge in [0.2, 0.25) is 0 Å². The summed E-state index contributed by atoms with van der Waals surface area (Å²) in [7, 11) is 1.64. The first-order valence-electron chi connectivity index (χ1n) is 8.28. The largest absolute Gasteiger partial charge is 0.497 e. The molecule has 4 aromatic rings. The Labute approximate surface area is 151 Å². The number of imidazole rings is 1. The third-order valence-electron chi connectivity index (χ3n) is 4.22. The van der Waals surface area contributed by atoms with Gasteiger partial charge in [-0.2, -0.15) is 0 Å². The lowest BCUT2D eigenvalue weighted by atomic mass is 10.3. The van der Waals surface area contributed by atoms with Crippen molar-refractivity contribution < 1.29 is 4.74 Å². The van der Waals surface area contributed by atoms with E-state index in [1.807, 2.05) is 72.2 Å². The molecular formula is C20H19N5O. The average Bonchev–Trinajstić information content (AvgIpc) is 3.00. The number of rotatable bonds is 4. The number of aryl methyl sites for hydroxylation is 1. The maximum absolute atomic E-state index is 6.12. The van der Waals surface area contributed by atoms with Crippen molar-refractivity contribution in [1.82, 2.24) is 14.5 Å². The van der Waals surface area contributed by atoms with Gasteiger partial charge in [0.05, 0.1) is 23.8 Å². The van der Waals surface area contributed by atoms with E-state index in [1.54, 1.807) is 7.11 Å². The molecule has 0 aliphatic heterocycles. The highest BCUT2D eigenvalue weighted by Crippen LogP contribution is 2.26. The van der Waals surface area contributed by atoms with Gasteiger partial charge in [-0.15, -0.1) is 0 Å². The predicted octanol–water partition coefficient (Wildman–Crippen LogP) is 4.06. The second-order valence-corrected chi connectivity index (χ2v) is 5.94. The number of methoxy groups -OCH3 is 1. The minimum absolute atomic E-state index is 0.576. The fourth-order valence-electron chi connectivity index (χ4n) is 2.93. The summed E-state index contributed by atoms with van der Waals surface area (Å²) in [6.45, 7) is 1.97. The van der Waals surface area contributed by atoms with Crippen molar-refractivity contribution in [3.63, 3.8) is 0 Å². The van der Waals surface area contributed by atoms with Crippen molar-refractivity contribution in [3.8, 4) is 11.6 Å². The van der Waals surface area contributed by atoms with Crippen LogP contribution < -0.4 is 15.8 Å². The molecule has 6 nitrogen and oxygen atoms in total. The van der Waals surface area contributed by atoms with Crippen molar-refractivity contribution in [2.24, 2.45) is 0 Å². The first-order chi connectivity index (χ1) is 12.7. The topological polar surface area (TPSA) is 78.0 Å². The molecule has 2 aromatic carbocycles. The SMILES string of the molecule is COc1ccc(Nc2nc(-n3c(C)nc4ccccc43)ccc2N)cc1. The van der Waals surface area contributed by atoms with Crippen molar-refractivity contribution in [2.45, 2.75) is 6.92 Å². The number of nitrogens with two attached hydrogens (primary N) is 1. The van der Waals surface area contributed by atoms with Gasteiger partial charge in [-0.3, -0.25) is 4.57 Å². The number of fused-ring (bicyclic) bond motifs is 1. The van der Waals surface area contributed by atoms with E-state index in [-0.39, 0.29) is 0 Å². The molecule has 0 radical (unpaired) electrons. The Hall–Kier alpha value is -3.54. The molecule has 0 aliphatic carbocycles. The van der Waals surface area contributed by atoms with E-state index < -0.39 is 0 Å². The van der Waals surface area contributed by atoms with E-state index in [9.17, 15) is 0 Å². The number of aromatic nitrogens is 3. The number of hydrogen-bond donors (Lipinski definition) is 2. The van der Waals surface area contributed by atoms with Crippen LogP contribution in [0.15, 0.2) is 60.7 Å². The van der Waals surface area contributed by atoms with Gasteiger partial charge in [0.15, 0.2) is 5.82 Å². The van der Waals surface area contributed by atoms with Crippen molar-refractivity contribution in [3.05, 3.63) is 66.5 Å². The smallest absolute Gasteiger partial charge is 0.156 e. The van der Waals surface area contributed by atoms with Gasteiger partial charge in [-0.1, -0.05) is 12.1 Å². The summed E-state index contributed by atoms with van der Waals surface area (Å²) in [5, 5.41) is 3.27. The van der Waals surface area contributed by atoms with Gasteiger partial charge in [0.1, 0.15) is 17.4 Å². The molecule has 2 aromatic heterocycles. The van der Waals surface area contributed by atoms with Crippen LogP contribution >= 0.6 is 0 Å². The molecule has 130 valence electrons. The second-order valence-electron chi connectivity index (χ2n) is 5.94. The standard InChI is InChI=1S/C20H19N5O/c1-13-22-17-5-3-4-6-18(17)25(13)19-12-11-16(21)20(24-19)23-14-7-9-15(26-2)10-8-14/h3-12H,21H2,1-2H3,(H,23,24). The van der Waals surface area contributed by atoms with Gasteiger partial charge in [0, 0.05) is 5.69 Å². The number of pyridine rings is 1. The van der Waals surface area contributed by atoms with Crippen LogP contribution in [0.2, 0.25) is 0 Å². The average molecular weight is 345 g/mol. The molecule has 0 saturated heterocycles. The van der Waals surface area contributed by atoms with Crippen LogP contribution in [0.25, 0.3) is 16.9 Å². The van der Waals surface area contributed by atoms with E-state index >= 15 is 0 Å². The fourth-order valence-corrected chi connectivity index (χ4v) is 2.93. The summed E-state index contributed by atoms with van der Waals surface area (Å²) in [4.78, 5) is 9.32. The molecule has 3 N–H and O–H groups in total. The molecule has 0 spiro atoms. The monoisotopic (exact) mass is 345 g/mol. The highest BCUT2D eigenvalue weighted by Gasteiger charge is 2.12. The van der Waals surface area contributed by atoms with Crippen LogP contribution in [-0.4, -0.2) is 21.6 Å². The number of nitrogens with zero attached hydrogens (tertiary/aromatic N) is 3. The van der Waals surface area contributed by atoms with Gasteiger partial charge in [-0.05, 0) is 55.5 Å². The molecule has 0 atom stereocenters. The molecule has 0 fully saturated rings. The van der Waals surface area contributed by atoms with Crippen LogP contribution in [0.5, 0.6) is 5.75 Å². The van der Waals surface area contributed by atoms with Gasteiger partial charge >= 0.3 is 0 Å². The molecule has 4 rings (SSSR count). The van der Waals surface area contributed by atoms with Crippen molar-refractivity contribution >= 4 is 28.2 Å².